The van der Waals surface area contributed by atoms with Crippen molar-refractivity contribution < 1.29 is 0 Å². The molecule has 0 unspecified atom stereocenters. The summed E-state index contributed by atoms with van der Waals surface area (Å²) in [6.45, 7) is 0. The number of aromatic amines is 1. The maximum absolute atomic E-state index is 8.63. The van der Waals surface area contributed by atoms with Crippen LogP contribution in [0.5, 0.6) is 0 Å². The van der Waals surface area contributed by atoms with Gasteiger partial charge in [0.2, 0.25) is 5.28 Å². The van der Waals surface area contributed by atoms with Gasteiger partial charge in [-0.3, -0.25) is 0 Å². The molecule has 0 spiro atoms. The molecular formula is C6H2ClN5. The highest BCUT2D eigenvalue weighted by Gasteiger charge is 2.06. The van der Waals surface area contributed by atoms with Crippen LogP contribution in [0.2, 0.25) is 5.28 Å². The summed E-state index contributed by atoms with van der Waals surface area (Å²) in [5, 5.41) is 8.67. The number of nitrogens with zero attached hydrogens (tertiary/aromatic N) is 4. The van der Waals surface area contributed by atoms with Gasteiger partial charge in [-0.1, -0.05) is 0 Å². The fourth-order valence-electron chi connectivity index (χ4n) is 0.888. The summed E-state index contributed by atoms with van der Waals surface area (Å²) >= 11 is 5.53. The summed E-state index contributed by atoms with van der Waals surface area (Å²) < 4.78 is 0. The highest BCUT2D eigenvalue weighted by atomic mass is 35.5. The molecule has 0 fully saturated rings. The number of imidazole rings is 1. The lowest BCUT2D eigenvalue weighted by atomic mass is 10.4. The molecule has 0 aliphatic rings. The molecule has 2 rings (SSSR count). The molecule has 0 aliphatic heterocycles. The topological polar surface area (TPSA) is 78.2 Å². The Morgan fingerprint density at radius 2 is 2.33 bits per heavy atom. The Kier molecular flexibility index (Phi) is 1.42. The van der Waals surface area contributed by atoms with Crippen LogP contribution in [0.15, 0.2) is 6.33 Å². The van der Waals surface area contributed by atoms with E-state index >= 15 is 0 Å². The van der Waals surface area contributed by atoms with Crippen molar-refractivity contribution >= 4 is 22.8 Å². The molecule has 0 saturated heterocycles. The average molecular weight is 180 g/mol. The van der Waals surface area contributed by atoms with Gasteiger partial charge in [0, 0.05) is 0 Å². The van der Waals surface area contributed by atoms with Crippen molar-refractivity contribution in [3.8, 4) is 6.07 Å². The number of hydrogen-bond donors (Lipinski definition) is 1. The number of aromatic nitrogens is 4. The lowest BCUT2D eigenvalue weighted by Gasteiger charge is -1.90. The zero-order valence-corrected chi connectivity index (χ0v) is 6.50. The van der Waals surface area contributed by atoms with Crippen molar-refractivity contribution in [2.75, 3.05) is 0 Å². The van der Waals surface area contributed by atoms with E-state index < -0.39 is 0 Å². The average Bonchev–Trinajstić information content (AvgIpc) is 2.50. The van der Waals surface area contributed by atoms with Crippen LogP contribution >= 0.6 is 11.6 Å². The first-order chi connectivity index (χ1) is 5.81. The van der Waals surface area contributed by atoms with Crippen LogP contribution in [0.1, 0.15) is 5.69 Å². The standard InChI is InChI=1S/C6H2ClN5/c7-6-11-3(1-8)4-5(12-6)10-2-9-4/h2H,(H,9,10,11,12). The van der Waals surface area contributed by atoms with Gasteiger partial charge in [-0.25, -0.2) is 9.97 Å². The molecule has 58 valence electrons. The van der Waals surface area contributed by atoms with Crippen molar-refractivity contribution in [3.63, 3.8) is 0 Å². The van der Waals surface area contributed by atoms with Gasteiger partial charge < -0.3 is 4.98 Å². The van der Waals surface area contributed by atoms with Crippen molar-refractivity contribution in [1.82, 2.24) is 19.9 Å². The minimum atomic E-state index is 0.0335. The maximum Gasteiger partial charge on any atom is 0.225 e. The van der Waals surface area contributed by atoms with Crippen LogP contribution in [0.25, 0.3) is 11.2 Å². The highest BCUT2D eigenvalue weighted by molar-refractivity contribution is 6.28. The number of rotatable bonds is 0. The summed E-state index contributed by atoms with van der Waals surface area (Å²) in [6, 6.07) is 1.89. The number of nitriles is 1. The van der Waals surface area contributed by atoms with Crippen molar-refractivity contribution in [3.05, 3.63) is 17.3 Å². The molecule has 0 aromatic carbocycles. The van der Waals surface area contributed by atoms with Gasteiger partial charge >= 0.3 is 0 Å². The van der Waals surface area contributed by atoms with Gasteiger partial charge in [-0.15, -0.1) is 0 Å². The van der Waals surface area contributed by atoms with Crippen LogP contribution in [-0.2, 0) is 0 Å². The monoisotopic (exact) mass is 179 g/mol. The van der Waals surface area contributed by atoms with E-state index in [-0.39, 0.29) is 11.0 Å². The van der Waals surface area contributed by atoms with Gasteiger partial charge in [0.25, 0.3) is 0 Å². The van der Waals surface area contributed by atoms with Gasteiger partial charge in [-0.2, -0.15) is 10.2 Å². The second-order valence-electron chi connectivity index (χ2n) is 2.05. The third-order valence-corrected chi connectivity index (χ3v) is 1.53. The number of nitrogens with one attached hydrogen (secondary N) is 1. The van der Waals surface area contributed by atoms with E-state index in [0.29, 0.717) is 11.2 Å². The zero-order chi connectivity index (χ0) is 8.55. The molecule has 0 amide bonds. The van der Waals surface area contributed by atoms with E-state index in [4.69, 9.17) is 16.9 Å². The molecule has 2 aromatic heterocycles. The Balaban J connectivity index is 2.91. The fraction of sp³-hybridized carbons (Fsp3) is 0. The lowest BCUT2D eigenvalue weighted by Crippen LogP contribution is -1.89. The summed E-state index contributed by atoms with van der Waals surface area (Å²) in [4.78, 5) is 14.1. The van der Waals surface area contributed by atoms with E-state index in [1.165, 1.54) is 6.33 Å². The Morgan fingerprint density at radius 1 is 1.50 bits per heavy atom. The SMILES string of the molecule is N#Cc1nc(Cl)nc2nc[nH]c12. The number of halogens is 1. The molecule has 1 N–H and O–H groups in total. The predicted molar refractivity (Wildman–Crippen MR) is 41.4 cm³/mol. The van der Waals surface area contributed by atoms with E-state index in [1.54, 1.807) is 0 Å². The number of H-pyrrole nitrogens is 1. The second-order valence-corrected chi connectivity index (χ2v) is 2.39. The van der Waals surface area contributed by atoms with Crippen molar-refractivity contribution in [1.29, 1.82) is 5.26 Å². The molecule has 2 aromatic rings. The first-order valence-corrected chi connectivity index (χ1v) is 3.46. The minimum Gasteiger partial charge on any atom is -0.341 e. The third kappa shape index (κ3) is 0.898. The van der Waals surface area contributed by atoms with Crippen LogP contribution in [0.3, 0.4) is 0 Å². The Morgan fingerprint density at radius 3 is 3.08 bits per heavy atom. The quantitative estimate of drug-likeness (QED) is 0.609. The largest absolute Gasteiger partial charge is 0.341 e. The van der Waals surface area contributed by atoms with Crippen LogP contribution < -0.4 is 0 Å². The molecule has 2 heterocycles. The van der Waals surface area contributed by atoms with Gasteiger partial charge in [0.15, 0.2) is 11.3 Å². The first-order valence-electron chi connectivity index (χ1n) is 3.08. The lowest BCUT2D eigenvalue weighted by molar-refractivity contribution is 1.17. The van der Waals surface area contributed by atoms with E-state index in [0.717, 1.165) is 0 Å². The van der Waals surface area contributed by atoms with Crippen LogP contribution in [-0.4, -0.2) is 19.9 Å². The molecule has 0 atom stereocenters. The summed E-state index contributed by atoms with van der Waals surface area (Å²) in [7, 11) is 0. The zero-order valence-electron chi connectivity index (χ0n) is 5.74. The Hall–Kier alpha value is -1.67. The van der Waals surface area contributed by atoms with Gasteiger partial charge in [-0.05, 0) is 11.6 Å². The molecule has 12 heavy (non-hydrogen) atoms. The normalized spacial score (nSPS) is 10.0. The minimum absolute atomic E-state index is 0.0335. The highest BCUT2D eigenvalue weighted by Crippen LogP contribution is 2.12. The maximum atomic E-state index is 8.63. The molecule has 0 bridgehead atoms. The van der Waals surface area contributed by atoms with Crippen LogP contribution in [0, 0.1) is 11.3 Å². The first kappa shape index (κ1) is 7.00. The van der Waals surface area contributed by atoms with E-state index in [1.807, 2.05) is 6.07 Å². The molecule has 0 radical (unpaired) electrons. The summed E-state index contributed by atoms with van der Waals surface area (Å²) in [6.07, 6.45) is 1.44. The predicted octanol–water partition coefficient (Wildman–Crippen LogP) is 0.878. The Bertz CT molecular complexity index is 468. The molecular weight excluding hydrogens is 178 g/mol. The van der Waals surface area contributed by atoms with Gasteiger partial charge in [0.05, 0.1) is 6.33 Å². The molecule has 5 nitrogen and oxygen atoms in total. The number of fused-ring (bicyclic) bond motifs is 1. The van der Waals surface area contributed by atoms with E-state index in [9.17, 15) is 0 Å². The molecule has 0 saturated carbocycles. The van der Waals surface area contributed by atoms with Crippen molar-refractivity contribution in [2.24, 2.45) is 0 Å². The summed E-state index contributed by atoms with van der Waals surface area (Å²) in [5.41, 5.74) is 1.14. The van der Waals surface area contributed by atoms with E-state index in [2.05, 4.69) is 19.9 Å². The number of hydrogen-bond acceptors (Lipinski definition) is 4. The van der Waals surface area contributed by atoms with Gasteiger partial charge in [0.1, 0.15) is 11.6 Å². The van der Waals surface area contributed by atoms with Crippen LogP contribution in [0.4, 0.5) is 0 Å². The smallest absolute Gasteiger partial charge is 0.225 e. The third-order valence-electron chi connectivity index (χ3n) is 1.36. The molecule has 6 heteroatoms. The summed E-state index contributed by atoms with van der Waals surface area (Å²) in [5.74, 6) is 0. The fourth-order valence-corrected chi connectivity index (χ4v) is 1.05. The molecule has 0 aliphatic carbocycles. The van der Waals surface area contributed by atoms with Crippen molar-refractivity contribution in [2.45, 2.75) is 0 Å². The Labute approximate surface area is 72.0 Å². The second kappa shape index (κ2) is 2.43.